The second-order valence-corrected chi connectivity index (χ2v) is 3.90. The zero-order valence-corrected chi connectivity index (χ0v) is 10.0. The number of rotatable bonds is 2. The summed E-state index contributed by atoms with van der Waals surface area (Å²) in [6, 6.07) is 7.49. The maximum Gasteiger partial charge on any atom is 0.377 e. The highest BCUT2D eigenvalue weighted by Gasteiger charge is 2.11. The molecule has 0 bridgehead atoms. The standard InChI is InChI=1S/C10H8BrN3O2/c1-16-10(15)9-12-6-14(13-9)8-4-2-7(11)3-5-8/h2-6H,1H3. The molecule has 16 heavy (non-hydrogen) atoms. The minimum Gasteiger partial charge on any atom is -0.463 e. The van der Waals surface area contributed by atoms with Crippen LogP contribution in [0.5, 0.6) is 0 Å². The number of esters is 1. The van der Waals surface area contributed by atoms with Gasteiger partial charge < -0.3 is 4.74 Å². The van der Waals surface area contributed by atoms with Crippen LogP contribution in [0.15, 0.2) is 35.1 Å². The second-order valence-electron chi connectivity index (χ2n) is 2.98. The molecule has 0 radical (unpaired) electrons. The molecule has 0 aliphatic rings. The van der Waals surface area contributed by atoms with Gasteiger partial charge in [0.25, 0.3) is 5.82 Å². The maximum atomic E-state index is 11.1. The summed E-state index contributed by atoms with van der Waals surface area (Å²) in [5, 5.41) is 4.00. The average Bonchev–Trinajstić information content (AvgIpc) is 2.78. The molecule has 0 aliphatic heterocycles. The van der Waals surface area contributed by atoms with Gasteiger partial charge in [-0.3, -0.25) is 0 Å². The fourth-order valence-electron chi connectivity index (χ4n) is 1.17. The van der Waals surface area contributed by atoms with Gasteiger partial charge in [0.2, 0.25) is 0 Å². The first-order valence-corrected chi connectivity index (χ1v) is 5.26. The SMILES string of the molecule is COC(=O)c1ncn(-c2ccc(Br)cc2)n1. The van der Waals surface area contributed by atoms with E-state index in [1.807, 2.05) is 24.3 Å². The van der Waals surface area contributed by atoms with Gasteiger partial charge in [0.05, 0.1) is 12.8 Å². The van der Waals surface area contributed by atoms with Crippen LogP contribution in [0.25, 0.3) is 5.69 Å². The molecule has 1 aromatic carbocycles. The number of methoxy groups -OCH3 is 1. The summed E-state index contributed by atoms with van der Waals surface area (Å²) in [6.07, 6.45) is 1.47. The molecule has 2 aromatic rings. The minimum absolute atomic E-state index is 0.0467. The van der Waals surface area contributed by atoms with E-state index in [0.29, 0.717) is 0 Å². The van der Waals surface area contributed by atoms with Crippen LogP contribution < -0.4 is 0 Å². The zero-order valence-electron chi connectivity index (χ0n) is 8.42. The molecule has 82 valence electrons. The Labute approximate surface area is 100 Å². The fourth-order valence-corrected chi connectivity index (χ4v) is 1.43. The van der Waals surface area contributed by atoms with Gasteiger partial charge in [-0.25, -0.2) is 14.5 Å². The van der Waals surface area contributed by atoms with E-state index in [1.54, 1.807) is 0 Å². The van der Waals surface area contributed by atoms with Gasteiger partial charge >= 0.3 is 5.97 Å². The van der Waals surface area contributed by atoms with Crippen molar-refractivity contribution in [2.45, 2.75) is 0 Å². The largest absolute Gasteiger partial charge is 0.463 e. The first-order valence-electron chi connectivity index (χ1n) is 4.46. The lowest BCUT2D eigenvalue weighted by Crippen LogP contribution is -2.05. The Hall–Kier alpha value is -1.69. The van der Waals surface area contributed by atoms with Crippen LogP contribution >= 0.6 is 15.9 Å². The summed E-state index contributed by atoms with van der Waals surface area (Å²) >= 11 is 3.34. The number of hydrogen-bond acceptors (Lipinski definition) is 4. The van der Waals surface area contributed by atoms with Crippen LogP contribution in [-0.2, 0) is 4.74 Å². The van der Waals surface area contributed by atoms with Crippen LogP contribution in [-0.4, -0.2) is 27.8 Å². The van der Waals surface area contributed by atoms with Crippen LogP contribution in [0.1, 0.15) is 10.6 Å². The number of nitrogens with zero attached hydrogens (tertiary/aromatic N) is 3. The molecule has 1 heterocycles. The topological polar surface area (TPSA) is 57.0 Å². The first-order chi connectivity index (χ1) is 7.70. The summed E-state index contributed by atoms with van der Waals surface area (Å²) in [5.74, 6) is -0.499. The zero-order chi connectivity index (χ0) is 11.5. The molecular weight excluding hydrogens is 274 g/mol. The van der Waals surface area contributed by atoms with Gasteiger partial charge in [-0.2, -0.15) is 0 Å². The van der Waals surface area contributed by atoms with Gasteiger partial charge in [-0.15, -0.1) is 5.10 Å². The molecular formula is C10H8BrN3O2. The number of hydrogen-bond donors (Lipinski definition) is 0. The Morgan fingerprint density at radius 2 is 2.06 bits per heavy atom. The molecule has 0 saturated carbocycles. The molecule has 2 rings (SSSR count). The molecule has 0 fully saturated rings. The Bertz CT molecular complexity index is 507. The smallest absolute Gasteiger partial charge is 0.377 e. The molecule has 0 atom stereocenters. The summed E-state index contributed by atoms with van der Waals surface area (Å²) < 4.78 is 7.01. The van der Waals surface area contributed by atoms with Crippen molar-refractivity contribution in [2.75, 3.05) is 7.11 Å². The van der Waals surface area contributed by atoms with E-state index in [-0.39, 0.29) is 5.82 Å². The normalized spacial score (nSPS) is 10.1. The molecule has 0 N–H and O–H groups in total. The van der Waals surface area contributed by atoms with Crippen LogP contribution in [0.2, 0.25) is 0 Å². The first kappa shape index (κ1) is 10.8. The van der Waals surface area contributed by atoms with E-state index in [2.05, 4.69) is 30.7 Å². The Kier molecular flexibility index (Phi) is 3.00. The lowest BCUT2D eigenvalue weighted by molar-refractivity contribution is 0.0587. The van der Waals surface area contributed by atoms with E-state index < -0.39 is 5.97 Å². The third kappa shape index (κ3) is 2.11. The molecule has 0 aliphatic carbocycles. The molecule has 0 unspecified atom stereocenters. The van der Waals surface area contributed by atoms with Gasteiger partial charge in [0.1, 0.15) is 6.33 Å². The molecule has 0 amide bonds. The molecule has 5 nitrogen and oxygen atoms in total. The monoisotopic (exact) mass is 281 g/mol. The van der Waals surface area contributed by atoms with Crippen molar-refractivity contribution in [3.63, 3.8) is 0 Å². The second kappa shape index (κ2) is 4.44. The highest BCUT2D eigenvalue weighted by atomic mass is 79.9. The van der Waals surface area contributed by atoms with Gasteiger partial charge in [-0.1, -0.05) is 15.9 Å². The highest BCUT2D eigenvalue weighted by Crippen LogP contribution is 2.13. The van der Waals surface area contributed by atoms with Gasteiger partial charge in [-0.05, 0) is 24.3 Å². The molecule has 1 aromatic heterocycles. The summed E-state index contributed by atoms with van der Waals surface area (Å²) in [7, 11) is 1.29. The van der Waals surface area contributed by atoms with E-state index >= 15 is 0 Å². The van der Waals surface area contributed by atoms with Crippen LogP contribution in [0.3, 0.4) is 0 Å². The van der Waals surface area contributed by atoms with Crippen molar-refractivity contribution in [1.82, 2.24) is 14.8 Å². The third-order valence-electron chi connectivity index (χ3n) is 1.95. The maximum absolute atomic E-state index is 11.1. The molecule has 0 saturated heterocycles. The Balaban J connectivity index is 2.31. The van der Waals surface area contributed by atoms with E-state index in [4.69, 9.17) is 0 Å². The highest BCUT2D eigenvalue weighted by molar-refractivity contribution is 9.10. The average molecular weight is 282 g/mol. The van der Waals surface area contributed by atoms with Gasteiger partial charge in [0.15, 0.2) is 0 Å². The van der Waals surface area contributed by atoms with Crippen molar-refractivity contribution < 1.29 is 9.53 Å². The lowest BCUT2D eigenvalue weighted by atomic mass is 10.3. The van der Waals surface area contributed by atoms with E-state index in [1.165, 1.54) is 18.1 Å². The van der Waals surface area contributed by atoms with Crippen LogP contribution in [0, 0.1) is 0 Å². The predicted molar refractivity (Wildman–Crippen MR) is 60.4 cm³/mol. The Morgan fingerprint density at radius 1 is 1.38 bits per heavy atom. The number of benzene rings is 1. The molecule has 6 heteroatoms. The fraction of sp³-hybridized carbons (Fsp3) is 0.100. The van der Waals surface area contributed by atoms with Crippen molar-refractivity contribution in [3.05, 3.63) is 40.9 Å². The number of carbonyl (C=O) groups excluding carboxylic acids is 1. The van der Waals surface area contributed by atoms with E-state index in [9.17, 15) is 4.79 Å². The number of ether oxygens (including phenoxy) is 1. The van der Waals surface area contributed by atoms with Crippen molar-refractivity contribution in [1.29, 1.82) is 0 Å². The number of halogens is 1. The quantitative estimate of drug-likeness (QED) is 0.788. The van der Waals surface area contributed by atoms with Gasteiger partial charge in [0, 0.05) is 4.47 Å². The Morgan fingerprint density at radius 3 is 2.69 bits per heavy atom. The van der Waals surface area contributed by atoms with Crippen molar-refractivity contribution in [2.24, 2.45) is 0 Å². The summed E-state index contributed by atoms with van der Waals surface area (Å²) in [6.45, 7) is 0. The van der Waals surface area contributed by atoms with Crippen LogP contribution in [0.4, 0.5) is 0 Å². The minimum atomic E-state index is -0.545. The van der Waals surface area contributed by atoms with Crippen molar-refractivity contribution in [3.8, 4) is 5.69 Å². The number of carbonyl (C=O) groups is 1. The molecule has 0 spiro atoms. The third-order valence-corrected chi connectivity index (χ3v) is 2.48. The van der Waals surface area contributed by atoms with Crippen molar-refractivity contribution >= 4 is 21.9 Å². The number of aromatic nitrogens is 3. The predicted octanol–water partition coefficient (Wildman–Crippen LogP) is 1.82. The summed E-state index contributed by atoms with van der Waals surface area (Å²) in [5.41, 5.74) is 0.825. The van der Waals surface area contributed by atoms with E-state index in [0.717, 1.165) is 10.2 Å². The summed E-state index contributed by atoms with van der Waals surface area (Å²) in [4.78, 5) is 15.0. The lowest BCUT2D eigenvalue weighted by Gasteiger charge is -1.99.